The molecule has 8 heteroatoms. The normalized spacial score (nSPS) is 10.6. The lowest BCUT2D eigenvalue weighted by atomic mass is 10.1. The Morgan fingerprint density at radius 2 is 2.05 bits per heavy atom. The fraction of sp³-hybridized carbons (Fsp3) is 0.462. The van der Waals surface area contributed by atoms with E-state index in [0.29, 0.717) is 13.0 Å². The van der Waals surface area contributed by atoms with Gasteiger partial charge in [0.25, 0.3) is 5.91 Å². The number of hydrogen-bond donors (Lipinski definition) is 0. The Balaban J connectivity index is 3.21. The van der Waals surface area contributed by atoms with E-state index in [9.17, 15) is 13.6 Å². The number of carbonyl (C=O) groups is 1. The van der Waals surface area contributed by atoms with Crippen LogP contribution in [0.15, 0.2) is 12.1 Å². The van der Waals surface area contributed by atoms with Gasteiger partial charge >= 0.3 is 6.61 Å². The quantitative estimate of drug-likeness (QED) is 0.722. The van der Waals surface area contributed by atoms with Crippen molar-refractivity contribution < 1.29 is 27.9 Å². The number of benzene rings is 1. The number of carbonyl (C=O) groups excluding carboxylic acids is 1. The summed E-state index contributed by atoms with van der Waals surface area (Å²) in [7, 11) is 2.61. The minimum atomic E-state index is -3.08. The van der Waals surface area contributed by atoms with E-state index in [2.05, 4.69) is 4.74 Å². The molecule has 0 fully saturated rings. The van der Waals surface area contributed by atoms with Crippen LogP contribution in [0, 0.1) is 0 Å². The fourth-order valence-electron chi connectivity index (χ4n) is 1.47. The van der Waals surface area contributed by atoms with Crippen molar-refractivity contribution in [2.75, 3.05) is 20.8 Å². The monoisotopic (exact) mass is 323 g/mol. The smallest absolute Gasteiger partial charge is 0.387 e. The Labute approximate surface area is 126 Å². The lowest BCUT2D eigenvalue weighted by molar-refractivity contribution is -0.0771. The molecule has 1 amide bonds. The molecule has 21 heavy (non-hydrogen) atoms. The molecule has 0 spiro atoms. The van der Waals surface area contributed by atoms with Gasteiger partial charge in [0, 0.05) is 13.1 Å². The minimum Gasteiger partial charge on any atom is -0.492 e. The zero-order valence-electron chi connectivity index (χ0n) is 11.9. The van der Waals surface area contributed by atoms with Crippen LogP contribution in [0.5, 0.6) is 11.5 Å². The SMILES string of the molecule is CCCOc1cc(OC(F)F)c(C(=O)N(C)OC)cc1Cl. The Kier molecular flexibility index (Phi) is 6.64. The maximum atomic E-state index is 12.5. The second kappa shape index (κ2) is 7.99. The average Bonchev–Trinajstić information content (AvgIpc) is 2.45. The minimum absolute atomic E-state index is 0.123. The number of halogens is 3. The zero-order valence-corrected chi connectivity index (χ0v) is 12.6. The van der Waals surface area contributed by atoms with Gasteiger partial charge in [-0.2, -0.15) is 8.78 Å². The number of ether oxygens (including phenoxy) is 2. The maximum Gasteiger partial charge on any atom is 0.387 e. The number of hydrogen-bond acceptors (Lipinski definition) is 4. The first-order valence-corrected chi connectivity index (χ1v) is 6.51. The summed E-state index contributed by atoms with van der Waals surface area (Å²) in [5, 5.41) is 0.995. The third-order valence-electron chi connectivity index (χ3n) is 2.50. The molecule has 0 atom stereocenters. The van der Waals surface area contributed by atoms with Gasteiger partial charge in [-0.1, -0.05) is 18.5 Å². The van der Waals surface area contributed by atoms with Crippen molar-refractivity contribution >= 4 is 17.5 Å². The molecule has 1 aromatic rings. The van der Waals surface area contributed by atoms with Gasteiger partial charge < -0.3 is 9.47 Å². The largest absolute Gasteiger partial charge is 0.492 e. The summed E-state index contributed by atoms with van der Waals surface area (Å²) < 4.78 is 34.6. The molecule has 0 aliphatic heterocycles. The lowest BCUT2D eigenvalue weighted by Crippen LogP contribution is -2.26. The molecule has 0 saturated heterocycles. The van der Waals surface area contributed by atoms with Crippen molar-refractivity contribution in [3.05, 3.63) is 22.7 Å². The molecule has 0 radical (unpaired) electrons. The second-order valence-corrected chi connectivity index (χ2v) is 4.40. The highest BCUT2D eigenvalue weighted by Crippen LogP contribution is 2.34. The maximum absolute atomic E-state index is 12.5. The standard InChI is InChI=1S/C13H16ClF2NO4/c1-4-5-20-11-7-10(21-13(15)16)8(6-9(11)14)12(18)17(2)19-3/h6-7,13H,4-5H2,1-3H3. The Hall–Kier alpha value is -1.60. The molecule has 0 aliphatic carbocycles. The van der Waals surface area contributed by atoms with E-state index in [1.54, 1.807) is 0 Å². The van der Waals surface area contributed by atoms with Crippen LogP contribution in [0.4, 0.5) is 8.78 Å². The first kappa shape index (κ1) is 17.5. The molecule has 1 rings (SSSR count). The summed E-state index contributed by atoms with van der Waals surface area (Å²) >= 11 is 5.99. The van der Waals surface area contributed by atoms with E-state index in [1.807, 2.05) is 6.92 Å². The molecule has 0 aliphatic rings. The molecular weight excluding hydrogens is 308 g/mol. The Morgan fingerprint density at radius 3 is 2.57 bits per heavy atom. The zero-order chi connectivity index (χ0) is 16.0. The summed E-state index contributed by atoms with van der Waals surface area (Å²) in [5.74, 6) is -0.822. The van der Waals surface area contributed by atoms with Gasteiger partial charge in [-0.05, 0) is 12.5 Å². The van der Waals surface area contributed by atoms with Crippen LogP contribution in [-0.4, -0.2) is 38.3 Å². The van der Waals surface area contributed by atoms with Crippen molar-refractivity contribution in [3.63, 3.8) is 0 Å². The Bertz CT molecular complexity index is 499. The van der Waals surface area contributed by atoms with Crippen LogP contribution >= 0.6 is 11.6 Å². The number of alkyl halides is 2. The predicted octanol–water partition coefficient (Wildman–Crippen LogP) is 3.36. The molecule has 1 aromatic carbocycles. The van der Waals surface area contributed by atoms with Crippen molar-refractivity contribution in [2.45, 2.75) is 20.0 Å². The molecule has 0 bridgehead atoms. The average molecular weight is 324 g/mol. The van der Waals surface area contributed by atoms with E-state index in [4.69, 9.17) is 21.2 Å². The van der Waals surface area contributed by atoms with Crippen LogP contribution in [-0.2, 0) is 4.84 Å². The molecule has 0 N–H and O–H groups in total. The highest BCUT2D eigenvalue weighted by Gasteiger charge is 2.22. The highest BCUT2D eigenvalue weighted by molar-refractivity contribution is 6.32. The summed E-state index contributed by atoms with van der Waals surface area (Å²) in [6.07, 6.45) is 0.717. The topological polar surface area (TPSA) is 48.0 Å². The molecule has 0 saturated carbocycles. The van der Waals surface area contributed by atoms with Gasteiger partial charge in [0.2, 0.25) is 0 Å². The second-order valence-electron chi connectivity index (χ2n) is 3.99. The van der Waals surface area contributed by atoms with Crippen molar-refractivity contribution in [2.24, 2.45) is 0 Å². The van der Waals surface area contributed by atoms with Gasteiger partial charge in [0.15, 0.2) is 0 Å². The van der Waals surface area contributed by atoms with Gasteiger partial charge in [-0.25, -0.2) is 5.06 Å². The highest BCUT2D eigenvalue weighted by atomic mass is 35.5. The van der Waals surface area contributed by atoms with Gasteiger partial charge in [0.05, 0.1) is 24.3 Å². The fourth-order valence-corrected chi connectivity index (χ4v) is 1.69. The molecule has 5 nitrogen and oxygen atoms in total. The first-order chi connectivity index (χ1) is 9.90. The van der Waals surface area contributed by atoms with Crippen LogP contribution in [0.25, 0.3) is 0 Å². The summed E-state index contributed by atoms with van der Waals surface area (Å²) in [6.45, 7) is -0.834. The molecule has 0 heterocycles. The van der Waals surface area contributed by atoms with E-state index in [0.717, 1.165) is 5.06 Å². The van der Waals surface area contributed by atoms with Crippen molar-refractivity contribution in [1.82, 2.24) is 5.06 Å². The van der Waals surface area contributed by atoms with Crippen LogP contribution in [0.1, 0.15) is 23.7 Å². The number of amides is 1. The summed E-state index contributed by atoms with van der Waals surface area (Å²) in [4.78, 5) is 16.8. The Morgan fingerprint density at radius 1 is 1.38 bits per heavy atom. The van der Waals surface area contributed by atoms with Crippen LogP contribution < -0.4 is 9.47 Å². The predicted molar refractivity (Wildman–Crippen MR) is 73.0 cm³/mol. The van der Waals surface area contributed by atoms with E-state index in [-0.39, 0.29) is 22.1 Å². The molecular formula is C13H16ClF2NO4. The first-order valence-electron chi connectivity index (χ1n) is 6.14. The number of hydroxylamine groups is 2. The third kappa shape index (κ3) is 4.71. The summed E-state index contributed by atoms with van der Waals surface area (Å²) in [6, 6.07) is 2.38. The van der Waals surface area contributed by atoms with Crippen LogP contribution in [0.2, 0.25) is 5.02 Å². The number of nitrogens with zero attached hydrogens (tertiary/aromatic N) is 1. The van der Waals surface area contributed by atoms with E-state index < -0.39 is 12.5 Å². The van der Waals surface area contributed by atoms with Crippen LogP contribution in [0.3, 0.4) is 0 Å². The molecule has 0 aromatic heterocycles. The summed E-state index contributed by atoms with van der Waals surface area (Å²) in [5.41, 5.74) is -0.145. The van der Waals surface area contributed by atoms with Crippen molar-refractivity contribution in [1.29, 1.82) is 0 Å². The van der Waals surface area contributed by atoms with Crippen molar-refractivity contribution in [3.8, 4) is 11.5 Å². The van der Waals surface area contributed by atoms with E-state index >= 15 is 0 Å². The van der Waals surface area contributed by atoms with Gasteiger partial charge in [0.1, 0.15) is 11.5 Å². The van der Waals surface area contributed by atoms with Gasteiger partial charge in [-0.3, -0.25) is 9.63 Å². The third-order valence-corrected chi connectivity index (χ3v) is 2.80. The molecule has 118 valence electrons. The lowest BCUT2D eigenvalue weighted by Gasteiger charge is -2.18. The van der Waals surface area contributed by atoms with E-state index in [1.165, 1.54) is 26.3 Å². The number of rotatable bonds is 7. The molecule has 0 unspecified atom stereocenters. The van der Waals surface area contributed by atoms with Gasteiger partial charge in [-0.15, -0.1) is 0 Å².